The van der Waals surface area contributed by atoms with Crippen molar-refractivity contribution in [3.63, 3.8) is 0 Å². The summed E-state index contributed by atoms with van der Waals surface area (Å²) in [4.78, 5) is 18.4. The van der Waals surface area contributed by atoms with Crippen LogP contribution in [0.1, 0.15) is 21.6 Å². The number of carbonyl (C=O) groups is 1. The Hall–Kier alpha value is -2.40. The molecule has 1 aliphatic rings. The normalized spacial score (nSPS) is 14.6. The van der Waals surface area contributed by atoms with Crippen LogP contribution in [-0.2, 0) is 4.74 Å². The summed E-state index contributed by atoms with van der Waals surface area (Å²) in [6.45, 7) is 6.57. The average Bonchev–Trinajstić information content (AvgIpc) is 2.59. The maximum absolute atomic E-state index is 12.4. The number of aryl methyl sites for hydroxylation is 2. The van der Waals surface area contributed by atoms with Crippen molar-refractivity contribution in [2.24, 2.45) is 0 Å². The van der Waals surface area contributed by atoms with E-state index >= 15 is 0 Å². The Morgan fingerprint density at radius 3 is 2.65 bits per heavy atom. The summed E-state index contributed by atoms with van der Waals surface area (Å²) < 4.78 is 5.27. The van der Waals surface area contributed by atoms with Crippen molar-refractivity contribution in [3.05, 3.63) is 53.3 Å². The Bertz CT molecular complexity index is 692. The van der Waals surface area contributed by atoms with Crippen LogP contribution in [0.25, 0.3) is 0 Å². The van der Waals surface area contributed by atoms with Crippen LogP contribution < -0.4 is 5.32 Å². The Kier molecular flexibility index (Phi) is 4.57. The SMILES string of the molecule is Cc1ccc(C)c(Nc2ccc(C(=O)N3CCOCC3)nc2)c1. The summed E-state index contributed by atoms with van der Waals surface area (Å²) in [7, 11) is 0. The van der Waals surface area contributed by atoms with Gasteiger partial charge in [0.1, 0.15) is 5.69 Å². The lowest BCUT2D eigenvalue weighted by Gasteiger charge is -2.26. The predicted octanol–water partition coefficient (Wildman–Crippen LogP) is 2.91. The average molecular weight is 311 g/mol. The number of anilines is 2. The number of carbonyl (C=O) groups excluding carboxylic acids is 1. The van der Waals surface area contributed by atoms with Crippen molar-refractivity contribution in [2.75, 3.05) is 31.6 Å². The van der Waals surface area contributed by atoms with Gasteiger partial charge in [-0.15, -0.1) is 0 Å². The van der Waals surface area contributed by atoms with Crippen LogP contribution in [0.15, 0.2) is 36.5 Å². The van der Waals surface area contributed by atoms with Gasteiger partial charge in [0.05, 0.1) is 25.1 Å². The smallest absolute Gasteiger partial charge is 0.272 e. The van der Waals surface area contributed by atoms with E-state index in [1.165, 1.54) is 11.1 Å². The third-order valence-corrected chi connectivity index (χ3v) is 3.95. The molecule has 1 amide bonds. The standard InChI is InChI=1S/C18H21N3O2/c1-13-3-4-14(2)17(11-13)20-15-5-6-16(19-12-15)18(22)21-7-9-23-10-8-21/h3-6,11-12,20H,7-10H2,1-2H3. The molecule has 2 aromatic rings. The molecule has 0 atom stereocenters. The van der Waals surface area contributed by atoms with Gasteiger partial charge in [-0.05, 0) is 43.2 Å². The van der Waals surface area contributed by atoms with Crippen molar-refractivity contribution in [3.8, 4) is 0 Å². The van der Waals surface area contributed by atoms with Gasteiger partial charge in [0.25, 0.3) is 5.91 Å². The highest BCUT2D eigenvalue weighted by atomic mass is 16.5. The molecule has 23 heavy (non-hydrogen) atoms. The predicted molar refractivity (Wildman–Crippen MR) is 90.2 cm³/mol. The van der Waals surface area contributed by atoms with Crippen molar-refractivity contribution >= 4 is 17.3 Å². The zero-order valence-corrected chi connectivity index (χ0v) is 13.5. The lowest BCUT2D eigenvalue weighted by atomic mass is 10.1. The molecule has 1 aliphatic heterocycles. The van der Waals surface area contributed by atoms with Crippen molar-refractivity contribution in [1.82, 2.24) is 9.88 Å². The lowest BCUT2D eigenvalue weighted by Crippen LogP contribution is -2.41. The minimum Gasteiger partial charge on any atom is -0.378 e. The molecule has 0 saturated carbocycles. The van der Waals surface area contributed by atoms with Gasteiger partial charge in [-0.2, -0.15) is 0 Å². The lowest BCUT2D eigenvalue weighted by molar-refractivity contribution is 0.0299. The van der Waals surface area contributed by atoms with E-state index in [1.807, 2.05) is 6.07 Å². The van der Waals surface area contributed by atoms with Crippen LogP contribution in [0.2, 0.25) is 0 Å². The van der Waals surface area contributed by atoms with Crippen molar-refractivity contribution < 1.29 is 9.53 Å². The molecule has 0 bridgehead atoms. The van der Waals surface area contributed by atoms with Crippen LogP contribution in [0.4, 0.5) is 11.4 Å². The van der Waals surface area contributed by atoms with Gasteiger partial charge < -0.3 is 15.0 Å². The number of morpholine rings is 1. The van der Waals surface area contributed by atoms with Gasteiger partial charge in [0.15, 0.2) is 0 Å². The fourth-order valence-electron chi connectivity index (χ4n) is 2.55. The third kappa shape index (κ3) is 3.68. The molecule has 1 N–H and O–H groups in total. The van der Waals surface area contributed by atoms with Crippen LogP contribution in [0.5, 0.6) is 0 Å². The first-order chi connectivity index (χ1) is 11.1. The number of nitrogens with zero attached hydrogens (tertiary/aromatic N) is 2. The molecule has 1 aromatic heterocycles. The molecule has 0 radical (unpaired) electrons. The zero-order chi connectivity index (χ0) is 16.2. The number of rotatable bonds is 3. The molecule has 0 unspecified atom stereocenters. The second-order valence-electron chi connectivity index (χ2n) is 5.78. The van der Waals surface area contributed by atoms with E-state index in [-0.39, 0.29) is 5.91 Å². The summed E-state index contributed by atoms with van der Waals surface area (Å²) >= 11 is 0. The van der Waals surface area contributed by atoms with Gasteiger partial charge in [0, 0.05) is 18.8 Å². The molecular formula is C18H21N3O2. The molecule has 3 rings (SSSR count). The molecule has 1 aromatic carbocycles. The first kappa shape index (κ1) is 15.5. The van der Waals surface area contributed by atoms with Gasteiger partial charge >= 0.3 is 0 Å². The number of pyridine rings is 1. The Labute approximate surface area is 136 Å². The van der Waals surface area contributed by atoms with E-state index in [4.69, 9.17) is 4.74 Å². The summed E-state index contributed by atoms with van der Waals surface area (Å²) in [5.41, 5.74) is 4.77. The van der Waals surface area contributed by atoms with Crippen LogP contribution >= 0.6 is 0 Å². The highest BCUT2D eigenvalue weighted by Crippen LogP contribution is 2.21. The van der Waals surface area contributed by atoms with Crippen LogP contribution in [-0.4, -0.2) is 42.1 Å². The van der Waals surface area contributed by atoms with Gasteiger partial charge in [-0.3, -0.25) is 4.79 Å². The second kappa shape index (κ2) is 6.79. The number of benzene rings is 1. The summed E-state index contributed by atoms with van der Waals surface area (Å²) in [6, 6.07) is 9.93. The first-order valence-electron chi connectivity index (χ1n) is 7.81. The second-order valence-corrected chi connectivity index (χ2v) is 5.78. The summed E-state index contributed by atoms with van der Waals surface area (Å²) in [6.07, 6.45) is 1.70. The van der Waals surface area contributed by atoms with Crippen molar-refractivity contribution in [1.29, 1.82) is 0 Å². The summed E-state index contributed by atoms with van der Waals surface area (Å²) in [5.74, 6) is -0.0356. The third-order valence-electron chi connectivity index (χ3n) is 3.95. The van der Waals surface area contributed by atoms with E-state index in [0.29, 0.717) is 32.0 Å². The van der Waals surface area contributed by atoms with Crippen LogP contribution in [0.3, 0.4) is 0 Å². The maximum Gasteiger partial charge on any atom is 0.272 e. The molecular weight excluding hydrogens is 290 g/mol. The first-order valence-corrected chi connectivity index (χ1v) is 7.81. The molecule has 0 spiro atoms. The number of amides is 1. The number of hydrogen-bond donors (Lipinski definition) is 1. The Morgan fingerprint density at radius 2 is 1.96 bits per heavy atom. The highest BCUT2D eigenvalue weighted by Gasteiger charge is 2.19. The van der Waals surface area contributed by atoms with Gasteiger partial charge in [-0.1, -0.05) is 12.1 Å². The van der Waals surface area contributed by atoms with E-state index in [2.05, 4.69) is 42.3 Å². The molecule has 5 heteroatoms. The van der Waals surface area contributed by atoms with E-state index in [9.17, 15) is 4.79 Å². The van der Waals surface area contributed by atoms with E-state index in [1.54, 1.807) is 17.2 Å². The van der Waals surface area contributed by atoms with Gasteiger partial charge in [0.2, 0.25) is 0 Å². The summed E-state index contributed by atoms with van der Waals surface area (Å²) in [5, 5.41) is 3.35. The molecule has 0 aliphatic carbocycles. The highest BCUT2D eigenvalue weighted by molar-refractivity contribution is 5.92. The van der Waals surface area contributed by atoms with E-state index in [0.717, 1.165) is 11.4 Å². The number of aromatic nitrogens is 1. The molecule has 5 nitrogen and oxygen atoms in total. The fraction of sp³-hybridized carbons (Fsp3) is 0.333. The molecule has 2 heterocycles. The Morgan fingerprint density at radius 1 is 1.17 bits per heavy atom. The van der Waals surface area contributed by atoms with E-state index < -0.39 is 0 Å². The minimum atomic E-state index is -0.0356. The van der Waals surface area contributed by atoms with Crippen molar-refractivity contribution in [2.45, 2.75) is 13.8 Å². The molecule has 120 valence electrons. The fourth-order valence-corrected chi connectivity index (χ4v) is 2.55. The number of hydrogen-bond acceptors (Lipinski definition) is 4. The molecule has 1 saturated heterocycles. The number of nitrogens with one attached hydrogen (secondary N) is 1. The van der Waals surface area contributed by atoms with Crippen LogP contribution in [0, 0.1) is 13.8 Å². The quantitative estimate of drug-likeness (QED) is 0.947. The monoisotopic (exact) mass is 311 g/mol. The number of ether oxygens (including phenoxy) is 1. The maximum atomic E-state index is 12.4. The van der Waals surface area contributed by atoms with Gasteiger partial charge in [-0.25, -0.2) is 4.98 Å². The Balaban J connectivity index is 1.71. The largest absolute Gasteiger partial charge is 0.378 e. The zero-order valence-electron chi connectivity index (χ0n) is 13.5. The minimum absolute atomic E-state index is 0.0356. The molecule has 1 fully saturated rings. The topological polar surface area (TPSA) is 54.5 Å².